The molecule has 2 aromatic carbocycles. The van der Waals surface area contributed by atoms with E-state index in [1.807, 2.05) is 0 Å². The molecule has 0 saturated heterocycles. The molecule has 2 amide bonds. The van der Waals surface area contributed by atoms with Crippen LogP contribution in [0, 0.1) is 17.5 Å². The Balaban J connectivity index is 1.74. The maximum Gasteiger partial charge on any atom is 0.436 e. The number of nitrogens with zero attached hydrogens (tertiary/aromatic N) is 3. The van der Waals surface area contributed by atoms with E-state index in [1.165, 1.54) is 24.4 Å². The number of hydrogen-bond donors (Lipinski definition) is 3. The number of alkyl halides is 3. The fourth-order valence-corrected chi connectivity index (χ4v) is 4.26. The number of carboxylic acid groups (broad SMARTS) is 1. The van der Waals surface area contributed by atoms with Gasteiger partial charge in [0, 0.05) is 24.0 Å². The summed E-state index contributed by atoms with van der Waals surface area (Å²) in [6.07, 6.45) is -3.52. The van der Waals surface area contributed by atoms with Crippen LogP contribution in [0.5, 0.6) is 0 Å². The van der Waals surface area contributed by atoms with Crippen LogP contribution in [0.15, 0.2) is 60.9 Å². The fraction of sp³-hybridized carbons (Fsp3) is 0.148. The first-order chi connectivity index (χ1) is 19.7. The van der Waals surface area contributed by atoms with Gasteiger partial charge in [0.15, 0.2) is 5.69 Å². The van der Waals surface area contributed by atoms with E-state index in [1.54, 1.807) is 0 Å². The second-order valence-electron chi connectivity index (χ2n) is 8.99. The molecule has 0 aliphatic heterocycles. The van der Waals surface area contributed by atoms with Crippen molar-refractivity contribution in [1.82, 2.24) is 20.1 Å². The predicted octanol–water partition coefficient (Wildman–Crippen LogP) is 4.28. The van der Waals surface area contributed by atoms with Gasteiger partial charge in [-0.25, -0.2) is 18.0 Å². The van der Waals surface area contributed by atoms with Crippen LogP contribution in [-0.4, -0.2) is 37.7 Å². The van der Waals surface area contributed by atoms with E-state index in [-0.39, 0.29) is 28.8 Å². The van der Waals surface area contributed by atoms with E-state index < -0.39 is 70.8 Å². The average molecular weight is 591 g/mol. The largest absolute Gasteiger partial charge is 0.478 e. The number of carbonyl (C=O) groups excluding carboxylic acids is 2. The first kappa shape index (κ1) is 29.8. The monoisotopic (exact) mass is 591 g/mol. The molecular formula is C27H19F6N5O4. The summed E-state index contributed by atoms with van der Waals surface area (Å²) in [7, 11) is 0. The lowest BCUT2D eigenvalue weighted by atomic mass is 9.94. The van der Waals surface area contributed by atoms with Gasteiger partial charge in [-0.15, -0.1) is 0 Å². The van der Waals surface area contributed by atoms with Crippen LogP contribution in [0.3, 0.4) is 0 Å². The van der Waals surface area contributed by atoms with E-state index in [0.717, 1.165) is 24.3 Å². The molecule has 0 bridgehead atoms. The Morgan fingerprint density at radius 1 is 1.00 bits per heavy atom. The van der Waals surface area contributed by atoms with Gasteiger partial charge in [0.1, 0.15) is 29.6 Å². The summed E-state index contributed by atoms with van der Waals surface area (Å²) in [6.45, 7) is -0.866. The number of nitrogens with two attached hydrogens (primary N) is 1. The van der Waals surface area contributed by atoms with E-state index in [9.17, 15) is 40.7 Å². The molecule has 0 radical (unpaired) electrons. The molecule has 2 aromatic heterocycles. The van der Waals surface area contributed by atoms with Gasteiger partial charge in [-0.1, -0.05) is 12.1 Å². The van der Waals surface area contributed by atoms with Crippen molar-refractivity contribution in [3.05, 3.63) is 106 Å². The molecule has 218 valence electrons. The summed E-state index contributed by atoms with van der Waals surface area (Å²) in [5, 5.41) is 14.8. The number of aromatic carboxylic acids is 1. The lowest BCUT2D eigenvalue weighted by molar-refractivity contribution is -0.142. The molecule has 2 heterocycles. The highest BCUT2D eigenvalue weighted by atomic mass is 19.4. The number of amides is 2. The fourth-order valence-electron chi connectivity index (χ4n) is 4.26. The van der Waals surface area contributed by atoms with Crippen LogP contribution in [-0.2, 0) is 23.9 Å². The van der Waals surface area contributed by atoms with Crippen molar-refractivity contribution in [2.45, 2.75) is 25.2 Å². The molecule has 1 unspecified atom stereocenters. The number of pyridine rings is 1. The summed E-state index contributed by atoms with van der Waals surface area (Å²) >= 11 is 0. The molecule has 0 fully saturated rings. The molecule has 0 spiro atoms. The summed E-state index contributed by atoms with van der Waals surface area (Å²) in [6, 6.07) is 7.87. The van der Waals surface area contributed by atoms with E-state index in [2.05, 4.69) is 15.4 Å². The van der Waals surface area contributed by atoms with Crippen LogP contribution in [0.25, 0.3) is 11.1 Å². The van der Waals surface area contributed by atoms with Crippen LogP contribution < -0.4 is 11.1 Å². The van der Waals surface area contributed by atoms with Crippen molar-refractivity contribution in [3.8, 4) is 11.1 Å². The zero-order valence-corrected chi connectivity index (χ0v) is 21.1. The van der Waals surface area contributed by atoms with E-state index in [0.29, 0.717) is 16.9 Å². The van der Waals surface area contributed by atoms with E-state index >= 15 is 0 Å². The molecule has 15 heteroatoms. The van der Waals surface area contributed by atoms with E-state index in [4.69, 9.17) is 10.8 Å². The van der Waals surface area contributed by atoms with Gasteiger partial charge < -0.3 is 16.2 Å². The molecule has 4 rings (SSSR count). The first-order valence-corrected chi connectivity index (χ1v) is 11.9. The first-order valence-electron chi connectivity index (χ1n) is 11.9. The number of rotatable bonds is 9. The number of aromatic nitrogens is 3. The average Bonchev–Trinajstić information content (AvgIpc) is 3.33. The highest BCUT2D eigenvalue weighted by Gasteiger charge is 2.39. The Morgan fingerprint density at radius 3 is 2.29 bits per heavy atom. The molecule has 4 N–H and O–H groups in total. The number of carboxylic acids is 1. The van der Waals surface area contributed by atoms with Gasteiger partial charge in [0.2, 0.25) is 5.91 Å². The van der Waals surface area contributed by atoms with Crippen LogP contribution in [0.1, 0.15) is 43.7 Å². The summed E-state index contributed by atoms with van der Waals surface area (Å²) in [5.74, 6) is -6.66. The summed E-state index contributed by atoms with van der Waals surface area (Å²) < 4.78 is 82.3. The minimum absolute atomic E-state index is 0.0675. The van der Waals surface area contributed by atoms with Crippen molar-refractivity contribution in [3.63, 3.8) is 0 Å². The van der Waals surface area contributed by atoms with Gasteiger partial charge in [-0.05, 0) is 47.9 Å². The maximum absolute atomic E-state index is 14.1. The maximum atomic E-state index is 14.1. The van der Waals surface area contributed by atoms with Gasteiger partial charge in [0.05, 0.1) is 17.3 Å². The molecule has 9 nitrogen and oxygen atoms in total. The molecule has 0 aliphatic carbocycles. The quantitative estimate of drug-likeness (QED) is 0.248. The third kappa shape index (κ3) is 6.74. The SMILES string of the molecule is NC(=O)c1cc(-c2cccnc2C(Cc2cc(F)cc(F)c2)NC(=O)Cn2cc(C(=O)O)c(C(F)(F)F)n2)ccc1F. The predicted molar refractivity (Wildman–Crippen MR) is 133 cm³/mol. The van der Waals surface area contributed by atoms with Crippen molar-refractivity contribution >= 4 is 17.8 Å². The van der Waals surface area contributed by atoms with Gasteiger partial charge in [-0.2, -0.15) is 18.3 Å². The Bertz CT molecular complexity index is 1670. The number of primary amides is 1. The normalized spacial score (nSPS) is 12.1. The van der Waals surface area contributed by atoms with Crippen molar-refractivity contribution in [2.75, 3.05) is 0 Å². The van der Waals surface area contributed by atoms with Crippen molar-refractivity contribution in [2.24, 2.45) is 5.73 Å². The Hall–Kier alpha value is -5.21. The zero-order valence-electron chi connectivity index (χ0n) is 21.1. The minimum Gasteiger partial charge on any atom is -0.478 e. The van der Waals surface area contributed by atoms with Gasteiger partial charge >= 0.3 is 12.1 Å². The lowest BCUT2D eigenvalue weighted by Crippen LogP contribution is -2.34. The Kier molecular flexibility index (Phi) is 8.31. The standard InChI is InChI=1S/C27H19F6N5O4/c28-15-6-13(7-16(29)10-15)8-21(36-22(39)12-38-11-19(26(41)42)24(37-38)27(31,32)33)23-17(2-1-5-35-23)14-3-4-20(30)18(9-14)25(34)40/h1-7,9-11,21H,8,12H2,(H2,34,40)(H,36,39)(H,41,42). The second-order valence-corrected chi connectivity index (χ2v) is 8.99. The lowest BCUT2D eigenvalue weighted by Gasteiger charge is -2.22. The third-order valence-electron chi connectivity index (χ3n) is 5.98. The molecule has 42 heavy (non-hydrogen) atoms. The topological polar surface area (TPSA) is 140 Å². The molecule has 0 aliphatic rings. The Labute approximate surface area is 232 Å². The number of benzene rings is 2. The van der Waals surface area contributed by atoms with Crippen LogP contribution in [0.4, 0.5) is 26.3 Å². The molecule has 1 atom stereocenters. The Morgan fingerprint density at radius 2 is 1.69 bits per heavy atom. The van der Waals surface area contributed by atoms with Gasteiger partial charge in [-0.3, -0.25) is 19.3 Å². The van der Waals surface area contributed by atoms with Crippen LogP contribution in [0.2, 0.25) is 0 Å². The van der Waals surface area contributed by atoms with Crippen molar-refractivity contribution in [1.29, 1.82) is 0 Å². The highest BCUT2D eigenvalue weighted by molar-refractivity contribution is 5.94. The number of nitrogens with one attached hydrogen (secondary N) is 1. The smallest absolute Gasteiger partial charge is 0.436 e. The highest BCUT2D eigenvalue weighted by Crippen LogP contribution is 2.32. The second kappa shape index (κ2) is 11.7. The number of halogens is 6. The van der Waals surface area contributed by atoms with Gasteiger partial charge in [0.25, 0.3) is 5.91 Å². The summed E-state index contributed by atoms with van der Waals surface area (Å²) in [5.41, 5.74) is 2.58. The molecular weight excluding hydrogens is 572 g/mol. The zero-order chi connectivity index (χ0) is 30.8. The molecule has 4 aromatic rings. The van der Waals surface area contributed by atoms with Crippen LogP contribution >= 0.6 is 0 Å². The third-order valence-corrected chi connectivity index (χ3v) is 5.98. The molecule has 0 saturated carbocycles. The number of carbonyl (C=O) groups is 3. The summed E-state index contributed by atoms with van der Waals surface area (Å²) in [4.78, 5) is 40.2. The van der Waals surface area contributed by atoms with Crippen molar-refractivity contribution < 1.29 is 45.8 Å². The number of hydrogen-bond acceptors (Lipinski definition) is 5. The minimum atomic E-state index is -5.11.